The van der Waals surface area contributed by atoms with Crippen molar-refractivity contribution in [3.8, 4) is 0 Å². The summed E-state index contributed by atoms with van der Waals surface area (Å²) in [5.74, 6) is 2.27. The van der Waals surface area contributed by atoms with Gasteiger partial charge in [0.15, 0.2) is 5.96 Å². The minimum Gasteiger partial charge on any atom is -0.444 e. The summed E-state index contributed by atoms with van der Waals surface area (Å²) in [6.45, 7) is 5.13. The largest absolute Gasteiger partial charge is 0.444 e. The lowest BCUT2D eigenvalue weighted by Crippen LogP contribution is -2.36. The van der Waals surface area contributed by atoms with Crippen LogP contribution in [-0.4, -0.2) is 18.0 Å². The van der Waals surface area contributed by atoms with E-state index in [2.05, 4.69) is 37.4 Å². The number of aryl methyl sites for hydroxylation is 2. The molecule has 0 aliphatic rings. The summed E-state index contributed by atoms with van der Waals surface area (Å²) >= 11 is 1.69. The molecule has 2 N–H and O–H groups in total. The highest BCUT2D eigenvalue weighted by atomic mass is 32.1. The van der Waals surface area contributed by atoms with Crippen molar-refractivity contribution in [3.63, 3.8) is 0 Å². The van der Waals surface area contributed by atoms with Crippen LogP contribution in [0.2, 0.25) is 0 Å². The number of hydrogen-bond donors (Lipinski definition) is 2. The molecule has 0 unspecified atom stereocenters. The molecule has 0 amide bonds. The second kappa shape index (κ2) is 6.38. The normalized spacial score (nSPS) is 11.6. The van der Waals surface area contributed by atoms with Gasteiger partial charge < -0.3 is 15.1 Å². The van der Waals surface area contributed by atoms with Crippen molar-refractivity contribution < 1.29 is 4.42 Å². The Morgan fingerprint density at radius 1 is 1.37 bits per heavy atom. The van der Waals surface area contributed by atoms with Gasteiger partial charge in [0.05, 0.1) is 12.2 Å². The lowest BCUT2D eigenvalue weighted by molar-refractivity contribution is 0.463. The predicted molar refractivity (Wildman–Crippen MR) is 77.3 cm³/mol. The molecule has 5 nitrogen and oxygen atoms in total. The van der Waals surface area contributed by atoms with Gasteiger partial charge in [0.1, 0.15) is 5.76 Å². The molecule has 0 radical (unpaired) electrons. The fourth-order valence-corrected chi connectivity index (χ4v) is 2.24. The molecule has 19 heavy (non-hydrogen) atoms. The van der Waals surface area contributed by atoms with Crippen LogP contribution in [0.4, 0.5) is 0 Å². The maximum absolute atomic E-state index is 5.50. The Bertz CT molecular complexity index is 525. The number of oxazole rings is 1. The van der Waals surface area contributed by atoms with Gasteiger partial charge in [-0.25, -0.2) is 4.98 Å². The summed E-state index contributed by atoms with van der Waals surface area (Å²) in [5.41, 5.74) is 2.17. The molecule has 2 aromatic heterocycles. The van der Waals surface area contributed by atoms with Gasteiger partial charge in [0.25, 0.3) is 0 Å². The van der Waals surface area contributed by atoms with E-state index in [-0.39, 0.29) is 0 Å². The molecule has 0 fully saturated rings. The molecule has 0 aromatic carbocycles. The van der Waals surface area contributed by atoms with E-state index in [1.807, 2.05) is 13.8 Å². The van der Waals surface area contributed by atoms with Gasteiger partial charge in [0, 0.05) is 13.6 Å². The van der Waals surface area contributed by atoms with Crippen LogP contribution in [0.5, 0.6) is 0 Å². The number of nitrogens with one attached hydrogen (secondary N) is 2. The van der Waals surface area contributed by atoms with Crippen molar-refractivity contribution >= 4 is 17.3 Å². The molecule has 6 heteroatoms. The van der Waals surface area contributed by atoms with Gasteiger partial charge in [-0.1, -0.05) is 0 Å². The summed E-state index contributed by atoms with van der Waals surface area (Å²) in [6, 6.07) is 2.09. The second-order valence-corrected chi connectivity index (χ2v) is 4.94. The first-order valence-electron chi connectivity index (χ1n) is 6.07. The highest BCUT2D eigenvalue weighted by molar-refractivity contribution is 7.07. The minimum absolute atomic E-state index is 0.526. The highest BCUT2D eigenvalue weighted by Gasteiger charge is 2.06. The van der Waals surface area contributed by atoms with Crippen LogP contribution in [0.3, 0.4) is 0 Å². The first-order valence-corrected chi connectivity index (χ1v) is 7.02. The van der Waals surface area contributed by atoms with Crippen LogP contribution in [0.15, 0.2) is 26.2 Å². The zero-order chi connectivity index (χ0) is 13.7. The third-order valence-corrected chi connectivity index (χ3v) is 3.48. The molecule has 0 saturated carbocycles. The summed E-state index contributed by atoms with van der Waals surface area (Å²) in [7, 11) is 1.75. The van der Waals surface area contributed by atoms with Crippen molar-refractivity contribution in [2.75, 3.05) is 7.05 Å². The Morgan fingerprint density at radius 2 is 2.16 bits per heavy atom. The Balaban J connectivity index is 1.82. The van der Waals surface area contributed by atoms with Crippen molar-refractivity contribution in [3.05, 3.63) is 39.7 Å². The van der Waals surface area contributed by atoms with Crippen molar-refractivity contribution in [1.29, 1.82) is 0 Å². The molecular weight excluding hydrogens is 260 g/mol. The Kier molecular flexibility index (Phi) is 4.57. The predicted octanol–water partition coefficient (Wildman–Crippen LogP) is 2.22. The van der Waals surface area contributed by atoms with E-state index >= 15 is 0 Å². The zero-order valence-electron chi connectivity index (χ0n) is 11.4. The molecule has 0 spiro atoms. The molecular formula is C13H18N4OS. The van der Waals surface area contributed by atoms with Crippen LogP contribution >= 0.6 is 11.3 Å². The topological polar surface area (TPSA) is 62.5 Å². The number of guanidine groups is 1. The zero-order valence-corrected chi connectivity index (χ0v) is 12.2. The van der Waals surface area contributed by atoms with E-state index in [1.165, 1.54) is 5.56 Å². The number of rotatable bonds is 4. The third-order valence-electron chi connectivity index (χ3n) is 2.74. The monoisotopic (exact) mass is 278 g/mol. The number of aromatic nitrogens is 1. The molecule has 2 heterocycles. The molecule has 0 aliphatic carbocycles. The molecule has 0 saturated heterocycles. The molecule has 0 atom stereocenters. The van der Waals surface area contributed by atoms with Crippen LogP contribution in [0, 0.1) is 13.8 Å². The SMILES string of the molecule is CN=C(NCc1ccsc1)NCc1nc(C)c(C)o1. The van der Waals surface area contributed by atoms with E-state index in [1.54, 1.807) is 18.4 Å². The molecule has 102 valence electrons. The smallest absolute Gasteiger partial charge is 0.214 e. The fraction of sp³-hybridized carbons (Fsp3) is 0.385. The summed E-state index contributed by atoms with van der Waals surface area (Å²) < 4.78 is 5.50. The van der Waals surface area contributed by atoms with Gasteiger partial charge in [-0.3, -0.25) is 4.99 Å². The van der Waals surface area contributed by atoms with Crippen LogP contribution in [-0.2, 0) is 13.1 Å². The minimum atomic E-state index is 0.526. The van der Waals surface area contributed by atoms with E-state index in [4.69, 9.17) is 4.42 Å². The maximum atomic E-state index is 5.50. The van der Waals surface area contributed by atoms with Gasteiger partial charge in [-0.15, -0.1) is 0 Å². The van der Waals surface area contributed by atoms with E-state index in [0.29, 0.717) is 12.4 Å². The Labute approximate surface area is 116 Å². The number of thiophene rings is 1. The first-order chi connectivity index (χ1) is 9.19. The van der Waals surface area contributed by atoms with Crippen molar-refractivity contribution in [1.82, 2.24) is 15.6 Å². The third kappa shape index (κ3) is 3.82. The van der Waals surface area contributed by atoms with E-state index < -0.39 is 0 Å². The second-order valence-electron chi connectivity index (χ2n) is 4.16. The summed E-state index contributed by atoms with van der Waals surface area (Å²) in [4.78, 5) is 8.48. The summed E-state index contributed by atoms with van der Waals surface area (Å²) in [5, 5.41) is 10.6. The van der Waals surface area contributed by atoms with Crippen LogP contribution in [0.1, 0.15) is 22.9 Å². The maximum Gasteiger partial charge on any atom is 0.214 e. The quantitative estimate of drug-likeness (QED) is 0.665. The molecule has 2 aromatic rings. The van der Waals surface area contributed by atoms with E-state index in [0.717, 1.165) is 24.0 Å². The van der Waals surface area contributed by atoms with Gasteiger partial charge in [0.2, 0.25) is 5.89 Å². The highest BCUT2D eigenvalue weighted by Crippen LogP contribution is 2.07. The standard InChI is InChI=1S/C13H18N4OS/c1-9-10(2)18-12(17-9)7-16-13(14-3)15-6-11-4-5-19-8-11/h4-5,8H,6-7H2,1-3H3,(H2,14,15,16). The van der Waals surface area contributed by atoms with Gasteiger partial charge in [-0.05, 0) is 36.2 Å². The number of hydrogen-bond acceptors (Lipinski definition) is 4. The van der Waals surface area contributed by atoms with Crippen LogP contribution in [0.25, 0.3) is 0 Å². The molecule has 0 aliphatic heterocycles. The van der Waals surface area contributed by atoms with E-state index in [9.17, 15) is 0 Å². The number of aliphatic imine (C=N–C) groups is 1. The first kappa shape index (κ1) is 13.6. The van der Waals surface area contributed by atoms with Gasteiger partial charge in [-0.2, -0.15) is 11.3 Å². The average molecular weight is 278 g/mol. The summed E-state index contributed by atoms with van der Waals surface area (Å²) in [6.07, 6.45) is 0. The van der Waals surface area contributed by atoms with Gasteiger partial charge >= 0.3 is 0 Å². The van der Waals surface area contributed by atoms with Crippen molar-refractivity contribution in [2.45, 2.75) is 26.9 Å². The van der Waals surface area contributed by atoms with Crippen molar-refractivity contribution in [2.24, 2.45) is 4.99 Å². The fourth-order valence-electron chi connectivity index (χ4n) is 1.57. The molecule has 2 rings (SSSR count). The lowest BCUT2D eigenvalue weighted by atomic mass is 10.3. The number of nitrogens with zero attached hydrogens (tertiary/aromatic N) is 2. The lowest BCUT2D eigenvalue weighted by Gasteiger charge is -2.09. The Morgan fingerprint density at radius 3 is 2.74 bits per heavy atom. The Hall–Kier alpha value is -1.82. The average Bonchev–Trinajstić information content (AvgIpc) is 3.01. The molecule has 0 bridgehead atoms. The van der Waals surface area contributed by atoms with Crippen LogP contribution < -0.4 is 10.6 Å².